The van der Waals surface area contributed by atoms with Crippen LogP contribution in [0.3, 0.4) is 0 Å². The molecule has 3 aromatic carbocycles. The standard InChI is InChI=1S/C21H21ClN2O3S/c1-27-18-12-14-19(15-13-18)28(25,26)24-21(17-10-6-3-7-11-17)20(23-22)16-8-4-2-5-9-16/h2-15,20-21,23-24H,1H3/t20-,21-/m0/s1. The third-order valence-corrected chi connectivity index (χ3v) is 6.11. The summed E-state index contributed by atoms with van der Waals surface area (Å²) < 4.78 is 34.0. The molecule has 0 aliphatic carbocycles. The second kappa shape index (κ2) is 9.21. The Kier molecular flexibility index (Phi) is 6.70. The molecule has 0 unspecified atom stereocenters. The maximum absolute atomic E-state index is 13.0. The maximum atomic E-state index is 13.0. The van der Waals surface area contributed by atoms with Crippen LogP contribution in [0.4, 0.5) is 0 Å². The molecule has 0 radical (unpaired) electrons. The highest BCUT2D eigenvalue weighted by molar-refractivity contribution is 7.89. The first-order valence-corrected chi connectivity index (χ1v) is 10.5. The van der Waals surface area contributed by atoms with Crippen molar-refractivity contribution in [3.05, 3.63) is 96.1 Å². The van der Waals surface area contributed by atoms with Crippen LogP contribution < -0.4 is 14.3 Å². The summed E-state index contributed by atoms with van der Waals surface area (Å²) in [6.45, 7) is 0. The number of ether oxygens (including phenoxy) is 1. The topological polar surface area (TPSA) is 67.4 Å². The minimum Gasteiger partial charge on any atom is -0.497 e. The van der Waals surface area contributed by atoms with Crippen molar-refractivity contribution in [2.24, 2.45) is 0 Å². The van der Waals surface area contributed by atoms with Crippen LogP contribution in [0.25, 0.3) is 0 Å². The van der Waals surface area contributed by atoms with E-state index in [1.54, 1.807) is 12.1 Å². The molecule has 3 rings (SSSR count). The van der Waals surface area contributed by atoms with Gasteiger partial charge in [-0.05, 0) is 47.2 Å². The predicted molar refractivity (Wildman–Crippen MR) is 111 cm³/mol. The molecule has 146 valence electrons. The lowest BCUT2D eigenvalue weighted by molar-refractivity contribution is 0.414. The van der Waals surface area contributed by atoms with Crippen molar-refractivity contribution in [3.8, 4) is 5.75 Å². The summed E-state index contributed by atoms with van der Waals surface area (Å²) in [6, 6.07) is 24.0. The number of hydrogen-bond acceptors (Lipinski definition) is 4. The molecule has 2 N–H and O–H groups in total. The monoisotopic (exact) mass is 416 g/mol. The van der Waals surface area contributed by atoms with Gasteiger partial charge in [0.25, 0.3) is 0 Å². The van der Waals surface area contributed by atoms with Crippen LogP contribution in [0.2, 0.25) is 0 Å². The van der Waals surface area contributed by atoms with Crippen LogP contribution in [-0.4, -0.2) is 15.5 Å². The van der Waals surface area contributed by atoms with Gasteiger partial charge in [0, 0.05) is 0 Å². The van der Waals surface area contributed by atoms with Crippen LogP contribution in [0.15, 0.2) is 89.8 Å². The lowest BCUT2D eigenvalue weighted by Crippen LogP contribution is -2.36. The molecular weight excluding hydrogens is 396 g/mol. The fourth-order valence-electron chi connectivity index (χ4n) is 2.96. The molecule has 0 amide bonds. The van der Waals surface area contributed by atoms with Gasteiger partial charge in [-0.1, -0.05) is 60.7 Å². The van der Waals surface area contributed by atoms with Crippen molar-refractivity contribution in [3.63, 3.8) is 0 Å². The van der Waals surface area contributed by atoms with Gasteiger partial charge in [0.2, 0.25) is 10.0 Å². The smallest absolute Gasteiger partial charge is 0.241 e. The highest BCUT2D eigenvalue weighted by Gasteiger charge is 2.29. The Morgan fingerprint density at radius 2 is 1.29 bits per heavy atom. The lowest BCUT2D eigenvalue weighted by Gasteiger charge is -2.27. The summed E-state index contributed by atoms with van der Waals surface area (Å²) in [6.07, 6.45) is 0. The third kappa shape index (κ3) is 4.72. The first-order valence-electron chi connectivity index (χ1n) is 8.67. The highest BCUT2D eigenvalue weighted by atomic mass is 35.5. The number of nitrogens with one attached hydrogen (secondary N) is 2. The van der Waals surface area contributed by atoms with Gasteiger partial charge >= 0.3 is 0 Å². The third-order valence-electron chi connectivity index (χ3n) is 4.42. The van der Waals surface area contributed by atoms with Gasteiger partial charge in [-0.25, -0.2) is 18.0 Å². The van der Waals surface area contributed by atoms with Crippen LogP contribution in [-0.2, 0) is 10.0 Å². The van der Waals surface area contributed by atoms with Gasteiger partial charge in [-0.3, -0.25) is 0 Å². The van der Waals surface area contributed by atoms with Crippen molar-refractivity contribution in [2.45, 2.75) is 17.0 Å². The maximum Gasteiger partial charge on any atom is 0.241 e. The van der Waals surface area contributed by atoms with Gasteiger partial charge in [0.05, 0.1) is 24.1 Å². The van der Waals surface area contributed by atoms with Crippen molar-refractivity contribution in [1.82, 2.24) is 9.56 Å². The fraction of sp³-hybridized carbons (Fsp3) is 0.143. The number of sulfonamides is 1. The summed E-state index contributed by atoms with van der Waals surface area (Å²) in [4.78, 5) is 2.88. The Morgan fingerprint density at radius 1 is 0.786 bits per heavy atom. The van der Waals surface area contributed by atoms with E-state index in [1.165, 1.54) is 19.2 Å². The number of benzene rings is 3. The van der Waals surface area contributed by atoms with E-state index < -0.39 is 22.1 Å². The molecule has 0 bridgehead atoms. The second-order valence-electron chi connectivity index (χ2n) is 6.18. The van der Waals surface area contributed by atoms with E-state index in [2.05, 4.69) is 9.56 Å². The highest BCUT2D eigenvalue weighted by Crippen LogP contribution is 2.31. The molecular formula is C21H21ClN2O3S. The molecule has 0 saturated carbocycles. The second-order valence-corrected chi connectivity index (χ2v) is 8.11. The minimum atomic E-state index is -3.80. The summed E-state index contributed by atoms with van der Waals surface area (Å²) in [5.74, 6) is 0.586. The van der Waals surface area contributed by atoms with E-state index in [9.17, 15) is 8.42 Å². The van der Waals surface area contributed by atoms with E-state index in [1.807, 2.05) is 60.7 Å². The zero-order valence-corrected chi connectivity index (χ0v) is 16.8. The van der Waals surface area contributed by atoms with E-state index in [0.717, 1.165) is 11.1 Å². The van der Waals surface area contributed by atoms with Gasteiger partial charge in [-0.2, -0.15) is 0 Å². The molecule has 0 fully saturated rings. The van der Waals surface area contributed by atoms with Gasteiger partial charge in [-0.15, -0.1) is 0 Å². The Labute approximate surface area is 170 Å². The van der Waals surface area contributed by atoms with Crippen molar-refractivity contribution in [2.75, 3.05) is 7.11 Å². The number of rotatable bonds is 8. The first-order chi connectivity index (χ1) is 13.5. The molecule has 7 heteroatoms. The normalized spacial score (nSPS) is 13.6. The van der Waals surface area contributed by atoms with Crippen LogP contribution >= 0.6 is 11.8 Å². The van der Waals surface area contributed by atoms with Gasteiger partial charge in [0.1, 0.15) is 5.75 Å². The SMILES string of the molecule is COc1ccc(S(=O)(=O)N[C@@H](c2ccccc2)[C@@H](NCl)c2ccccc2)cc1. The number of methoxy groups -OCH3 is 1. The molecule has 0 heterocycles. The molecule has 5 nitrogen and oxygen atoms in total. The van der Waals surface area contributed by atoms with Crippen LogP contribution in [0.1, 0.15) is 23.2 Å². The predicted octanol–water partition coefficient (Wildman–Crippen LogP) is 4.20. The van der Waals surface area contributed by atoms with E-state index >= 15 is 0 Å². The lowest BCUT2D eigenvalue weighted by atomic mass is 9.95. The Bertz CT molecular complexity index is 981. The largest absolute Gasteiger partial charge is 0.497 e. The molecule has 3 aromatic rings. The molecule has 28 heavy (non-hydrogen) atoms. The average molecular weight is 417 g/mol. The van der Waals surface area contributed by atoms with E-state index in [-0.39, 0.29) is 4.90 Å². The molecule has 2 atom stereocenters. The zero-order valence-electron chi connectivity index (χ0n) is 15.2. The Morgan fingerprint density at radius 3 is 1.75 bits per heavy atom. The summed E-state index contributed by atoms with van der Waals surface area (Å²) >= 11 is 6.06. The Balaban J connectivity index is 1.99. The van der Waals surface area contributed by atoms with Gasteiger partial charge < -0.3 is 4.74 Å². The Hall–Kier alpha value is -2.38. The zero-order chi connectivity index (χ0) is 20.0. The average Bonchev–Trinajstić information content (AvgIpc) is 2.75. The van der Waals surface area contributed by atoms with Crippen LogP contribution in [0.5, 0.6) is 5.75 Å². The molecule has 0 aliphatic rings. The first kappa shape index (κ1) is 20.4. The molecule has 0 spiro atoms. The van der Waals surface area contributed by atoms with Crippen molar-refractivity contribution in [1.29, 1.82) is 0 Å². The minimum absolute atomic E-state index is 0.149. The van der Waals surface area contributed by atoms with Crippen molar-refractivity contribution < 1.29 is 13.2 Å². The molecule has 0 saturated heterocycles. The molecule has 0 aromatic heterocycles. The molecule has 0 aliphatic heterocycles. The summed E-state index contributed by atoms with van der Waals surface area (Å²) in [5.41, 5.74) is 1.66. The number of halogens is 1. The quantitative estimate of drug-likeness (QED) is 0.540. The van der Waals surface area contributed by atoms with Crippen LogP contribution in [0, 0.1) is 0 Å². The summed E-state index contributed by atoms with van der Waals surface area (Å²) in [5, 5.41) is 0. The fourth-order valence-corrected chi connectivity index (χ4v) is 4.45. The van der Waals surface area contributed by atoms with E-state index in [4.69, 9.17) is 16.5 Å². The van der Waals surface area contributed by atoms with Gasteiger partial charge in [0.15, 0.2) is 0 Å². The van der Waals surface area contributed by atoms with Crippen molar-refractivity contribution >= 4 is 21.8 Å². The summed E-state index contributed by atoms with van der Waals surface area (Å²) in [7, 11) is -2.27. The number of hydrogen-bond donors (Lipinski definition) is 2. The van der Waals surface area contributed by atoms with E-state index in [0.29, 0.717) is 5.75 Å².